The first-order valence-corrected chi connectivity index (χ1v) is 13.2. The van der Waals surface area contributed by atoms with Crippen LogP contribution in [0.3, 0.4) is 0 Å². The Labute approximate surface area is 153 Å². The van der Waals surface area contributed by atoms with Crippen LogP contribution in [-0.2, 0) is 6.42 Å². The molecule has 23 heavy (non-hydrogen) atoms. The number of benzene rings is 2. The van der Waals surface area contributed by atoms with E-state index in [9.17, 15) is 0 Å². The van der Waals surface area contributed by atoms with Crippen molar-refractivity contribution in [3.8, 4) is 0 Å². The molecule has 0 saturated carbocycles. The Morgan fingerprint density at radius 2 is 1.74 bits per heavy atom. The fraction of sp³-hybridized carbons (Fsp3) is 0.429. The van der Waals surface area contributed by atoms with Gasteiger partial charge in [-0.25, -0.2) is 0 Å². The van der Waals surface area contributed by atoms with Gasteiger partial charge in [-0.3, -0.25) is 0 Å². The van der Waals surface area contributed by atoms with Crippen molar-refractivity contribution in [3.05, 3.63) is 69.3 Å². The van der Waals surface area contributed by atoms with Crippen molar-refractivity contribution < 1.29 is 0 Å². The van der Waals surface area contributed by atoms with Crippen LogP contribution in [0.4, 0.5) is 0 Å². The van der Waals surface area contributed by atoms with Crippen LogP contribution in [0.2, 0.25) is 0 Å². The first-order valence-electron chi connectivity index (χ1n) is 8.62. The third-order valence-corrected chi connectivity index (χ3v) is 11.4. The van der Waals surface area contributed by atoms with Gasteiger partial charge in [0.25, 0.3) is 0 Å². The molecule has 3 rings (SSSR count). The van der Waals surface area contributed by atoms with Gasteiger partial charge in [-0.05, 0) is 0 Å². The molecule has 1 aliphatic heterocycles. The molecule has 2 aromatic carbocycles. The third kappa shape index (κ3) is 4.96. The summed E-state index contributed by atoms with van der Waals surface area (Å²) in [5.41, 5.74) is 2.77. The van der Waals surface area contributed by atoms with Crippen LogP contribution in [0.15, 0.2) is 54.6 Å². The minimum absolute atomic E-state index is 0.122. The molecule has 0 N–H and O–H groups in total. The summed E-state index contributed by atoms with van der Waals surface area (Å²) in [7, 11) is 0. The minimum atomic E-state index is -0.963. The van der Waals surface area contributed by atoms with Crippen LogP contribution in [0.25, 0.3) is 0 Å². The van der Waals surface area contributed by atoms with Gasteiger partial charge in [0, 0.05) is 0 Å². The van der Waals surface area contributed by atoms with Crippen molar-refractivity contribution in [2.45, 2.75) is 38.0 Å². The van der Waals surface area contributed by atoms with E-state index < -0.39 is 19.8 Å². The molecule has 2 heteroatoms. The average Bonchev–Trinajstić information content (AvgIpc) is 2.81. The van der Waals surface area contributed by atoms with Crippen LogP contribution in [-0.4, -0.2) is 8.86 Å². The van der Waals surface area contributed by atoms with Crippen LogP contribution in [0.5, 0.6) is 0 Å². The summed E-state index contributed by atoms with van der Waals surface area (Å²) in [5, 5.41) is 0.122. The standard InChI is InChI=1S/C21H26ClI/c1-17(22)20-9-11-21(12-10-20)23-14-5-8-19(13-15-23)16-18-6-3-2-4-7-18/h2-4,6-7,9-12,17,19H,5,8,13-16H2,1H3/t17?,19-/m1/s1. The van der Waals surface area contributed by atoms with Gasteiger partial charge >= 0.3 is 153 Å². The van der Waals surface area contributed by atoms with Gasteiger partial charge in [-0.1, -0.05) is 0 Å². The van der Waals surface area contributed by atoms with Gasteiger partial charge in [0.1, 0.15) is 0 Å². The molecule has 1 fully saturated rings. The second-order valence-electron chi connectivity index (χ2n) is 6.49. The van der Waals surface area contributed by atoms with Crippen LogP contribution < -0.4 is 0 Å². The second kappa shape index (κ2) is 8.53. The summed E-state index contributed by atoms with van der Waals surface area (Å²) in [6, 6.07) is 20.3. The fourth-order valence-electron chi connectivity index (χ4n) is 3.33. The topological polar surface area (TPSA) is 0 Å². The second-order valence-corrected chi connectivity index (χ2v) is 13.2. The van der Waals surface area contributed by atoms with E-state index in [1.807, 2.05) is 0 Å². The summed E-state index contributed by atoms with van der Waals surface area (Å²) in [4.78, 5) is 0. The molecule has 0 spiro atoms. The molecular formula is C21H26ClI. The van der Waals surface area contributed by atoms with E-state index in [-0.39, 0.29) is 5.38 Å². The van der Waals surface area contributed by atoms with Crippen molar-refractivity contribution in [3.63, 3.8) is 0 Å². The Hall–Kier alpha value is -0.540. The number of hydrogen-bond donors (Lipinski definition) is 0. The van der Waals surface area contributed by atoms with E-state index in [2.05, 4.69) is 61.5 Å². The predicted molar refractivity (Wildman–Crippen MR) is 111 cm³/mol. The van der Waals surface area contributed by atoms with Crippen LogP contribution >= 0.6 is 31.4 Å². The molecule has 1 aliphatic rings. The number of hydrogen-bond acceptors (Lipinski definition) is 0. The molecular weight excluding hydrogens is 415 g/mol. The maximum atomic E-state index is 6.18. The molecule has 2 atom stereocenters. The normalized spacial score (nSPS) is 21.7. The van der Waals surface area contributed by atoms with E-state index in [0.29, 0.717) is 0 Å². The van der Waals surface area contributed by atoms with Gasteiger partial charge in [0.15, 0.2) is 0 Å². The van der Waals surface area contributed by atoms with Gasteiger partial charge in [-0.2, -0.15) is 0 Å². The maximum absolute atomic E-state index is 6.18. The zero-order valence-corrected chi connectivity index (χ0v) is 16.8. The van der Waals surface area contributed by atoms with Gasteiger partial charge in [0.05, 0.1) is 0 Å². The Morgan fingerprint density at radius 1 is 1.00 bits per heavy atom. The summed E-state index contributed by atoms with van der Waals surface area (Å²) < 4.78 is 4.64. The molecule has 0 amide bonds. The molecule has 1 heterocycles. The molecule has 0 aliphatic carbocycles. The Kier molecular flexibility index (Phi) is 6.41. The zero-order valence-electron chi connectivity index (χ0n) is 13.8. The first-order chi connectivity index (χ1) is 11.2. The SMILES string of the molecule is CC(Cl)c1ccc(I2CCC[C@@H](Cc3ccccc3)CC2)cc1. The number of halogens is 2. The molecule has 0 bridgehead atoms. The van der Waals surface area contributed by atoms with E-state index >= 15 is 0 Å². The van der Waals surface area contributed by atoms with E-state index in [1.165, 1.54) is 45.7 Å². The average molecular weight is 441 g/mol. The van der Waals surface area contributed by atoms with Crippen molar-refractivity contribution >= 4 is 31.4 Å². The predicted octanol–water partition coefficient (Wildman–Crippen LogP) is 6.71. The molecule has 0 nitrogen and oxygen atoms in total. The fourth-order valence-corrected chi connectivity index (χ4v) is 9.63. The Bertz CT molecular complexity index is 591. The molecule has 124 valence electrons. The van der Waals surface area contributed by atoms with Crippen molar-refractivity contribution in [1.82, 2.24) is 0 Å². The molecule has 0 radical (unpaired) electrons. The number of alkyl halides is 3. The van der Waals surface area contributed by atoms with Crippen molar-refractivity contribution in [1.29, 1.82) is 0 Å². The van der Waals surface area contributed by atoms with E-state index in [0.717, 1.165) is 5.92 Å². The quantitative estimate of drug-likeness (QED) is 0.366. The van der Waals surface area contributed by atoms with Crippen LogP contribution in [0, 0.1) is 9.49 Å². The van der Waals surface area contributed by atoms with Gasteiger partial charge in [0.2, 0.25) is 0 Å². The van der Waals surface area contributed by atoms with Crippen LogP contribution in [0.1, 0.15) is 42.7 Å². The van der Waals surface area contributed by atoms with E-state index in [1.54, 1.807) is 3.57 Å². The Balaban J connectivity index is 1.59. The summed E-state index contributed by atoms with van der Waals surface area (Å²) >= 11 is 5.21. The summed E-state index contributed by atoms with van der Waals surface area (Å²) in [5.74, 6) is 0.891. The van der Waals surface area contributed by atoms with Gasteiger partial charge in [-0.15, -0.1) is 0 Å². The molecule has 0 aromatic heterocycles. The summed E-state index contributed by atoms with van der Waals surface area (Å²) in [6.07, 6.45) is 5.54. The van der Waals surface area contributed by atoms with E-state index in [4.69, 9.17) is 11.6 Å². The summed E-state index contributed by atoms with van der Waals surface area (Å²) in [6.45, 7) is 2.05. The zero-order chi connectivity index (χ0) is 16.1. The number of rotatable bonds is 4. The first kappa shape index (κ1) is 17.3. The van der Waals surface area contributed by atoms with Crippen molar-refractivity contribution in [2.75, 3.05) is 8.86 Å². The monoisotopic (exact) mass is 440 g/mol. The molecule has 2 aromatic rings. The molecule has 1 saturated heterocycles. The Morgan fingerprint density at radius 3 is 2.43 bits per heavy atom. The van der Waals surface area contributed by atoms with Crippen molar-refractivity contribution in [2.24, 2.45) is 5.92 Å². The van der Waals surface area contributed by atoms with Gasteiger partial charge < -0.3 is 0 Å². The molecule has 1 unspecified atom stereocenters. The third-order valence-electron chi connectivity index (χ3n) is 4.72.